The summed E-state index contributed by atoms with van der Waals surface area (Å²) >= 11 is 0. The second-order valence-electron chi connectivity index (χ2n) is 6.27. The topological polar surface area (TPSA) is 78.9 Å². The number of carbonyl (C=O) groups excluding carboxylic acids is 1. The first-order chi connectivity index (χ1) is 9.64. The molecule has 5 nitrogen and oxygen atoms in total. The molecule has 0 heterocycles. The van der Waals surface area contributed by atoms with Crippen LogP contribution in [0, 0.1) is 11.3 Å². The van der Waals surface area contributed by atoms with Crippen molar-refractivity contribution >= 4 is 11.7 Å². The largest absolute Gasteiger partial charge is 0.409 e. The summed E-state index contributed by atoms with van der Waals surface area (Å²) in [6.07, 6.45) is 8.07. The highest BCUT2D eigenvalue weighted by Gasteiger charge is 2.45. The van der Waals surface area contributed by atoms with Crippen LogP contribution < -0.4 is 5.73 Å². The van der Waals surface area contributed by atoms with Gasteiger partial charge in [0.05, 0.1) is 0 Å². The Kier molecular flexibility index (Phi) is 4.89. The lowest BCUT2D eigenvalue weighted by molar-refractivity contribution is -0.139. The summed E-state index contributed by atoms with van der Waals surface area (Å²) in [5.41, 5.74) is 5.18. The maximum atomic E-state index is 13.0. The summed E-state index contributed by atoms with van der Waals surface area (Å²) in [7, 11) is 0. The third-order valence-electron chi connectivity index (χ3n) is 4.81. The summed E-state index contributed by atoms with van der Waals surface area (Å²) in [4.78, 5) is 14.9. The van der Waals surface area contributed by atoms with E-state index in [1.165, 1.54) is 12.8 Å². The minimum atomic E-state index is -0.768. The Hall–Kier alpha value is -1.26. The second kappa shape index (κ2) is 6.46. The van der Waals surface area contributed by atoms with Gasteiger partial charge in [-0.1, -0.05) is 30.8 Å². The molecule has 0 aliphatic heterocycles. The highest BCUT2D eigenvalue weighted by Crippen LogP contribution is 2.38. The maximum Gasteiger partial charge on any atom is 0.236 e. The van der Waals surface area contributed by atoms with Gasteiger partial charge in [0.25, 0.3) is 0 Å². The van der Waals surface area contributed by atoms with E-state index in [0.717, 1.165) is 32.2 Å². The molecule has 0 aromatic heterocycles. The zero-order chi connectivity index (χ0) is 14.6. The molecule has 0 spiro atoms. The standard InChI is InChI=1S/C15H27N3O2/c1-2-18(11-12-7-8-12)14(19)15(13(16)17-20)9-5-3-4-6-10-15/h12,20H,2-11H2,1H3,(H2,16,17). The van der Waals surface area contributed by atoms with E-state index in [9.17, 15) is 4.79 Å². The number of oxime groups is 1. The Balaban J connectivity index is 2.21. The first-order valence-electron chi connectivity index (χ1n) is 7.91. The molecule has 0 aromatic rings. The van der Waals surface area contributed by atoms with E-state index in [1.54, 1.807) is 0 Å². The molecule has 2 aliphatic rings. The van der Waals surface area contributed by atoms with E-state index >= 15 is 0 Å². The number of amidine groups is 1. The van der Waals surface area contributed by atoms with E-state index in [4.69, 9.17) is 10.9 Å². The number of hydrogen-bond acceptors (Lipinski definition) is 3. The van der Waals surface area contributed by atoms with Crippen molar-refractivity contribution in [3.8, 4) is 0 Å². The summed E-state index contributed by atoms with van der Waals surface area (Å²) in [5, 5.41) is 12.3. The van der Waals surface area contributed by atoms with E-state index < -0.39 is 5.41 Å². The molecule has 1 amide bonds. The molecule has 0 unspecified atom stereocenters. The van der Waals surface area contributed by atoms with Crippen molar-refractivity contribution in [2.24, 2.45) is 22.2 Å². The van der Waals surface area contributed by atoms with Gasteiger partial charge in [0, 0.05) is 13.1 Å². The van der Waals surface area contributed by atoms with E-state index in [2.05, 4.69) is 5.16 Å². The molecular weight excluding hydrogens is 254 g/mol. The van der Waals surface area contributed by atoms with Crippen molar-refractivity contribution in [1.82, 2.24) is 4.90 Å². The van der Waals surface area contributed by atoms with Crippen molar-refractivity contribution in [2.45, 2.75) is 58.3 Å². The van der Waals surface area contributed by atoms with Crippen LogP contribution in [0.3, 0.4) is 0 Å². The van der Waals surface area contributed by atoms with Crippen LogP contribution in [0.4, 0.5) is 0 Å². The molecule has 114 valence electrons. The quantitative estimate of drug-likeness (QED) is 0.267. The predicted molar refractivity (Wildman–Crippen MR) is 78.5 cm³/mol. The fraction of sp³-hybridized carbons (Fsp3) is 0.867. The summed E-state index contributed by atoms with van der Waals surface area (Å²) in [6.45, 7) is 3.54. The van der Waals surface area contributed by atoms with Crippen LogP contribution in [0.1, 0.15) is 58.3 Å². The van der Waals surface area contributed by atoms with Gasteiger partial charge < -0.3 is 15.8 Å². The average Bonchev–Trinajstić information content (AvgIpc) is 3.29. The maximum absolute atomic E-state index is 13.0. The molecule has 2 fully saturated rings. The zero-order valence-corrected chi connectivity index (χ0v) is 12.5. The lowest BCUT2D eigenvalue weighted by Crippen LogP contribution is -2.51. The van der Waals surface area contributed by atoms with Crippen LogP contribution in [0.15, 0.2) is 5.16 Å². The number of nitrogens with zero attached hydrogens (tertiary/aromatic N) is 2. The third-order valence-corrected chi connectivity index (χ3v) is 4.81. The molecule has 2 aliphatic carbocycles. The Bertz CT molecular complexity index is 369. The lowest BCUT2D eigenvalue weighted by atomic mass is 9.77. The fourth-order valence-electron chi connectivity index (χ4n) is 3.28. The molecular formula is C15H27N3O2. The van der Waals surface area contributed by atoms with Gasteiger partial charge in [0.1, 0.15) is 5.41 Å². The van der Waals surface area contributed by atoms with Crippen LogP contribution in [-0.4, -0.2) is 34.9 Å². The van der Waals surface area contributed by atoms with Crippen LogP contribution in [-0.2, 0) is 4.79 Å². The Morgan fingerprint density at radius 2 is 1.90 bits per heavy atom. The number of rotatable bonds is 5. The van der Waals surface area contributed by atoms with Crippen LogP contribution in [0.2, 0.25) is 0 Å². The fourth-order valence-corrected chi connectivity index (χ4v) is 3.28. The molecule has 3 N–H and O–H groups in total. The van der Waals surface area contributed by atoms with Crippen molar-refractivity contribution in [2.75, 3.05) is 13.1 Å². The molecule has 0 bridgehead atoms. The van der Waals surface area contributed by atoms with E-state index in [0.29, 0.717) is 25.3 Å². The highest BCUT2D eigenvalue weighted by atomic mass is 16.4. The summed E-state index contributed by atoms with van der Waals surface area (Å²) < 4.78 is 0. The van der Waals surface area contributed by atoms with Gasteiger partial charge in [-0.15, -0.1) is 0 Å². The molecule has 2 saturated carbocycles. The van der Waals surface area contributed by atoms with Crippen LogP contribution in [0.25, 0.3) is 0 Å². The predicted octanol–water partition coefficient (Wildman–Crippen LogP) is 2.33. The van der Waals surface area contributed by atoms with Gasteiger partial charge in [0.15, 0.2) is 5.84 Å². The van der Waals surface area contributed by atoms with E-state index in [-0.39, 0.29) is 11.7 Å². The van der Waals surface area contributed by atoms with Crippen molar-refractivity contribution in [1.29, 1.82) is 0 Å². The van der Waals surface area contributed by atoms with Crippen molar-refractivity contribution in [3.05, 3.63) is 0 Å². The minimum Gasteiger partial charge on any atom is -0.409 e. The summed E-state index contributed by atoms with van der Waals surface area (Å²) in [6, 6.07) is 0. The molecule has 0 aromatic carbocycles. The van der Waals surface area contributed by atoms with Crippen LogP contribution >= 0.6 is 0 Å². The number of hydrogen-bond donors (Lipinski definition) is 2. The van der Waals surface area contributed by atoms with E-state index in [1.807, 2.05) is 11.8 Å². The van der Waals surface area contributed by atoms with Gasteiger partial charge in [-0.3, -0.25) is 4.79 Å². The first-order valence-corrected chi connectivity index (χ1v) is 7.91. The highest BCUT2D eigenvalue weighted by molar-refractivity contribution is 6.06. The monoisotopic (exact) mass is 281 g/mol. The Morgan fingerprint density at radius 3 is 2.35 bits per heavy atom. The van der Waals surface area contributed by atoms with Gasteiger partial charge in [-0.05, 0) is 38.5 Å². The van der Waals surface area contributed by atoms with Gasteiger partial charge in [0.2, 0.25) is 5.91 Å². The first kappa shape index (κ1) is 15.1. The number of amides is 1. The minimum absolute atomic E-state index is 0.0732. The number of carbonyl (C=O) groups is 1. The Morgan fingerprint density at radius 1 is 1.30 bits per heavy atom. The SMILES string of the molecule is CCN(CC1CC1)C(=O)C1(C(N)=NO)CCCCCC1. The molecule has 0 saturated heterocycles. The lowest BCUT2D eigenvalue weighted by Gasteiger charge is -2.35. The summed E-state index contributed by atoms with van der Waals surface area (Å²) in [5.74, 6) is 0.844. The zero-order valence-electron chi connectivity index (χ0n) is 12.5. The van der Waals surface area contributed by atoms with Gasteiger partial charge in [-0.25, -0.2) is 0 Å². The second-order valence-corrected chi connectivity index (χ2v) is 6.27. The van der Waals surface area contributed by atoms with Crippen LogP contribution in [0.5, 0.6) is 0 Å². The molecule has 2 rings (SSSR count). The molecule has 20 heavy (non-hydrogen) atoms. The normalized spacial score (nSPS) is 23.1. The third kappa shape index (κ3) is 3.07. The van der Waals surface area contributed by atoms with Crippen molar-refractivity contribution < 1.29 is 10.0 Å². The molecule has 0 radical (unpaired) electrons. The molecule has 5 heteroatoms. The van der Waals surface area contributed by atoms with Crippen molar-refractivity contribution in [3.63, 3.8) is 0 Å². The molecule has 0 atom stereocenters. The Labute approximate surface area is 121 Å². The van der Waals surface area contributed by atoms with Gasteiger partial charge in [-0.2, -0.15) is 0 Å². The number of nitrogens with two attached hydrogens (primary N) is 1. The van der Waals surface area contributed by atoms with Gasteiger partial charge >= 0.3 is 0 Å². The smallest absolute Gasteiger partial charge is 0.236 e. The average molecular weight is 281 g/mol.